The molecular formula is C14H13N3O3. The highest BCUT2D eigenvalue weighted by atomic mass is 16.6. The molecule has 0 radical (unpaired) electrons. The van der Waals surface area contributed by atoms with E-state index in [0.717, 1.165) is 5.56 Å². The molecule has 0 bridgehead atoms. The summed E-state index contributed by atoms with van der Waals surface area (Å²) in [7, 11) is 0. The molecule has 0 atom stereocenters. The Labute approximate surface area is 115 Å². The highest BCUT2D eigenvalue weighted by Crippen LogP contribution is 2.24. The Balaban J connectivity index is 2.33. The molecule has 2 aromatic carbocycles. The van der Waals surface area contributed by atoms with Crippen molar-refractivity contribution in [2.75, 3.05) is 11.1 Å². The van der Waals surface area contributed by atoms with Crippen molar-refractivity contribution >= 4 is 23.0 Å². The van der Waals surface area contributed by atoms with Crippen molar-refractivity contribution in [3.63, 3.8) is 0 Å². The maximum atomic E-state index is 12.1. The van der Waals surface area contributed by atoms with Gasteiger partial charge < -0.3 is 11.1 Å². The van der Waals surface area contributed by atoms with Crippen molar-refractivity contribution in [3.8, 4) is 0 Å². The SMILES string of the molecule is Cc1ccc(N)c(C(=O)Nc2ccccc2[N+](=O)[O-])c1. The lowest BCUT2D eigenvalue weighted by atomic mass is 10.1. The predicted octanol–water partition coefficient (Wildman–Crippen LogP) is 2.74. The summed E-state index contributed by atoms with van der Waals surface area (Å²) in [6.45, 7) is 1.83. The molecule has 6 heteroatoms. The maximum absolute atomic E-state index is 12.1. The number of anilines is 2. The molecule has 0 heterocycles. The Bertz CT molecular complexity index is 683. The third-order valence-corrected chi connectivity index (χ3v) is 2.80. The zero-order chi connectivity index (χ0) is 14.7. The highest BCUT2D eigenvalue weighted by Gasteiger charge is 2.17. The lowest BCUT2D eigenvalue weighted by molar-refractivity contribution is -0.383. The Morgan fingerprint density at radius 3 is 2.65 bits per heavy atom. The first kappa shape index (κ1) is 13.5. The number of nitro groups is 1. The van der Waals surface area contributed by atoms with E-state index in [2.05, 4.69) is 5.32 Å². The van der Waals surface area contributed by atoms with E-state index in [1.54, 1.807) is 24.3 Å². The van der Waals surface area contributed by atoms with Crippen LogP contribution in [0.4, 0.5) is 17.1 Å². The average molecular weight is 271 g/mol. The van der Waals surface area contributed by atoms with Crippen LogP contribution in [-0.2, 0) is 0 Å². The number of nitrogens with two attached hydrogens (primary N) is 1. The van der Waals surface area contributed by atoms with Gasteiger partial charge in [-0.1, -0.05) is 23.8 Å². The number of amides is 1. The summed E-state index contributed by atoms with van der Waals surface area (Å²) in [4.78, 5) is 22.5. The minimum Gasteiger partial charge on any atom is -0.398 e. The van der Waals surface area contributed by atoms with Crippen LogP contribution in [0.15, 0.2) is 42.5 Å². The fourth-order valence-electron chi connectivity index (χ4n) is 1.79. The number of aryl methyl sites for hydroxylation is 1. The number of nitrogens with zero attached hydrogens (tertiary/aromatic N) is 1. The van der Waals surface area contributed by atoms with Gasteiger partial charge in [-0.3, -0.25) is 14.9 Å². The normalized spacial score (nSPS) is 10.1. The van der Waals surface area contributed by atoms with Gasteiger partial charge in [-0.2, -0.15) is 0 Å². The number of benzene rings is 2. The van der Waals surface area contributed by atoms with Crippen LogP contribution in [-0.4, -0.2) is 10.8 Å². The first-order valence-electron chi connectivity index (χ1n) is 5.90. The van der Waals surface area contributed by atoms with Gasteiger partial charge in [0, 0.05) is 11.8 Å². The lowest BCUT2D eigenvalue weighted by Crippen LogP contribution is -2.15. The molecule has 0 fully saturated rings. The number of hydrogen-bond acceptors (Lipinski definition) is 4. The van der Waals surface area contributed by atoms with E-state index in [4.69, 9.17) is 5.73 Å². The molecule has 0 aliphatic heterocycles. The van der Waals surface area contributed by atoms with E-state index in [1.807, 2.05) is 6.92 Å². The van der Waals surface area contributed by atoms with Gasteiger partial charge in [-0.15, -0.1) is 0 Å². The van der Waals surface area contributed by atoms with Gasteiger partial charge in [0.05, 0.1) is 10.5 Å². The van der Waals surface area contributed by atoms with Gasteiger partial charge in [0.15, 0.2) is 0 Å². The largest absolute Gasteiger partial charge is 0.398 e. The Kier molecular flexibility index (Phi) is 3.65. The molecule has 20 heavy (non-hydrogen) atoms. The van der Waals surface area contributed by atoms with Crippen LogP contribution in [0.3, 0.4) is 0 Å². The Morgan fingerprint density at radius 1 is 1.25 bits per heavy atom. The van der Waals surface area contributed by atoms with Crippen LogP contribution >= 0.6 is 0 Å². The Morgan fingerprint density at radius 2 is 1.95 bits per heavy atom. The second kappa shape index (κ2) is 5.40. The van der Waals surface area contributed by atoms with Gasteiger partial charge in [-0.05, 0) is 25.1 Å². The number of nitrogens with one attached hydrogen (secondary N) is 1. The van der Waals surface area contributed by atoms with Crippen molar-refractivity contribution in [3.05, 3.63) is 63.7 Å². The summed E-state index contributed by atoms with van der Waals surface area (Å²) in [6, 6.07) is 11.0. The molecular weight excluding hydrogens is 258 g/mol. The number of nitro benzene ring substituents is 1. The van der Waals surface area contributed by atoms with Crippen LogP contribution in [0.5, 0.6) is 0 Å². The minimum atomic E-state index is -0.546. The second-order valence-corrected chi connectivity index (χ2v) is 4.32. The lowest BCUT2D eigenvalue weighted by Gasteiger charge is -2.08. The fraction of sp³-hybridized carbons (Fsp3) is 0.0714. The van der Waals surface area contributed by atoms with E-state index < -0.39 is 10.8 Å². The standard InChI is InChI=1S/C14H13N3O3/c1-9-6-7-11(15)10(8-9)14(18)16-12-4-2-3-5-13(12)17(19)20/h2-8H,15H2,1H3,(H,16,18). The second-order valence-electron chi connectivity index (χ2n) is 4.32. The number of carbonyl (C=O) groups is 1. The zero-order valence-electron chi connectivity index (χ0n) is 10.8. The van der Waals surface area contributed by atoms with Crippen molar-refractivity contribution in [1.29, 1.82) is 0 Å². The first-order valence-corrected chi connectivity index (χ1v) is 5.90. The Hall–Kier alpha value is -2.89. The van der Waals surface area contributed by atoms with Crippen LogP contribution in [0, 0.1) is 17.0 Å². The number of rotatable bonds is 3. The van der Waals surface area contributed by atoms with Crippen molar-refractivity contribution in [2.24, 2.45) is 0 Å². The fourth-order valence-corrected chi connectivity index (χ4v) is 1.79. The topological polar surface area (TPSA) is 98.3 Å². The number of carbonyl (C=O) groups excluding carboxylic acids is 1. The minimum absolute atomic E-state index is 0.142. The van der Waals surface area contributed by atoms with E-state index >= 15 is 0 Å². The monoisotopic (exact) mass is 271 g/mol. The van der Waals surface area contributed by atoms with Crippen LogP contribution in [0.25, 0.3) is 0 Å². The number of nitrogen functional groups attached to an aromatic ring is 1. The summed E-state index contributed by atoms with van der Waals surface area (Å²) in [6.07, 6.45) is 0. The van der Waals surface area contributed by atoms with Crippen molar-refractivity contribution in [1.82, 2.24) is 0 Å². The predicted molar refractivity (Wildman–Crippen MR) is 76.6 cm³/mol. The van der Waals surface area contributed by atoms with Gasteiger partial charge in [0.2, 0.25) is 0 Å². The summed E-state index contributed by atoms with van der Waals surface area (Å²) in [5, 5.41) is 13.4. The molecule has 0 aliphatic rings. The summed E-state index contributed by atoms with van der Waals surface area (Å²) < 4.78 is 0. The summed E-state index contributed by atoms with van der Waals surface area (Å²) in [5.74, 6) is -0.472. The number of para-hydroxylation sites is 2. The molecule has 0 unspecified atom stereocenters. The molecule has 0 saturated heterocycles. The molecule has 6 nitrogen and oxygen atoms in total. The quantitative estimate of drug-likeness (QED) is 0.509. The molecule has 3 N–H and O–H groups in total. The summed E-state index contributed by atoms with van der Waals surface area (Å²) >= 11 is 0. The van der Waals surface area contributed by atoms with Gasteiger partial charge in [0.25, 0.3) is 11.6 Å². The van der Waals surface area contributed by atoms with Gasteiger partial charge >= 0.3 is 0 Å². The van der Waals surface area contributed by atoms with E-state index in [-0.39, 0.29) is 11.4 Å². The zero-order valence-corrected chi connectivity index (χ0v) is 10.8. The molecule has 2 aromatic rings. The average Bonchev–Trinajstić information content (AvgIpc) is 2.41. The van der Waals surface area contributed by atoms with Crippen molar-refractivity contribution in [2.45, 2.75) is 6.92 Å². The smallest absolute Gasteiger partial charge is 0.292 e. The molecule has 0 aromatic heterocycles. The third-order valence-electron chi connectivity index (χ3n) is 2.80. The molecule has 0 spiro atoms. The first-order chi connectivity index (χ1) is 9.49. The van der Waals surface area contributed by atoms with E-state index in [0.29, 0.717) is 11.3 Å². The van der Waals surface area contributed by atoms with Crippen LogP contribution in [0.2, 0.25) is 0 Å². The molecule has 2 rings (SSSR count). The van der Waals surface area contributed by atoms with Gasteiger partial charge in [0.1, 0.15) is 5.69 Å². The van der Waals surface area contributed by atoms with E-state index in [9.17, 15) is 14.9 Å². The third kappa shape index (κ3) is 2.74. The maximum Gasteiger partial charge on any atom is 0.292 e. The summed E-state index contributed by atoms with van der Waals surface area (Å²) in [5.41, 5.74) is 7.23. The van der Waals surface area contributed by atoms with Crippen LogP contribution in [0.1, 0.15) is 15.9 Å². The van der Waals surface area contributed by atoms with Crippen LogP contribution < -0.4 is 11.1 Å². The van der Waals surface area contributed by atoms with E-state index in [1.165, 1.54) is 18.2 Å². The number of hydrogen-bond donors (Lipinski definition) is 2. The molecule has 1 amide bonds. The molecule has 102 valence electrons. The van der Waals surface area contributed by atoms with Gasteiger partial charge in [-0.25, -0.2) is 0 Å². The molecule has 0 saturated carbocycles. The molecule has 0 aliphatic carbocycles. The van der Waals surface area contributed by atoms with Crippen molar-refractivity contribution < 1.29 is 9.72 Å². The highest BCUT2D eigenvalue weighted by molar-refractivity contribution is 6.08.